The average molecular weight is 166 g/mol. The van der Waals surface area contributed by atoms with Crippen LogP contribution in [-0.2, 0) is 0 Å². The van der Waals surface area contributed by atoms with Crippen LogP contribution in [0.5, 0.6) is 0 Å². The fourth-order valence-corrected chi connectivity index (χ4v) is 0.714. The number of carbonyl (C=O) groups is 2. The fraction of sp³-hybridized carbons (Fsp3) is 0. The van der Waals surface area contributed by atoms with Gasteiger partial charge in [0.25, 0.3) is 0 Å². The highest BCUT2D eigenvalue weighted by atomic mass is 16.4. The van der Waals surface area contributed by atoms with E-state index >= 15 is 0 Å². The first-order chi connectivity index (χ1) is 5.72. The number of aromatic nitrogens is 1. The van der Waals surface area contributed by atoms with E-state index in [0.717, 1.165) is 0 Å². The minimum Gasteiger partial charge on any atom is -0.465 e. The number of amides is 1. The van der Waals surface area contributed by atoms with Crippen molar-refractivity contribution in [2.45, 2.75) is 0 Å². The van der Waals surface area contributed by atoms with Crippen molar-refractivity contribution in [2.24, 2.45) is 0 Å². The second kappa shape index (κ2) is 3.47. The highest BCUT2D eigenvalue weighted by Gasteiger charge is 1.98. The second-order valence-electron chi connectivity index (χ2n) is 2.05. The molecular weight excluding hydrogens is 160 g/mol. The smallest absolute Gasteiger partial charge is 0.409 e. The van der Waals surface area contributed by atoms with Crippen LogP contribution >= 0.6 is 0 Å². The molecule has 5 nitrogen and oxygen atoms in total. The Morgan fingerprint density at radius 1 is 1.58 bits per heavy atom. The Morgan fingerprint density at radius 3 is 2.92 bits per heavy atom. The number of nitrogens with zero attached hydrogens (tertiary/aromatic N) is 1. The normalized spacial score (nSPS) is 9.00. The zero-order valence-corrected chi connectivity index (χ0v) is 6.02. The lowest BCUT2D eigenvalue weighted by Crippen LogP contribution is -2.07. The van der Waals surface area contributed by atoms with Crippen LogP contribution in [0.4, 0.5) is 10.5 Å². The van der Waals surface area contributed by atoms with Crippen molar-refractivity contribution in [2.75, 3.05) is 5.32 Å². The van der Waals surface area contributed by atoms with Gasteiger partial charge in [0.1, 0.15) is 0 Å². The lowest BCUT2D eigenvalue weighted by Gasteiger charge is -1.98. The van der Waals surface area contributed by atoms with Crippen molar-refractivity contribution in [1.82, 2.24) is 4.98 Å². The fourth-order valence-electron chi connectivity index (χ4n) is 0.714. The molecule has 0 saturated heterocycles. The lowest BCUT2D eigenvalue weighted by molar-refractivity contribution is 0.112. The van der Waals surface area contributed by atoms with E-state index in [2.05, 4.69) is 10.3 Å². The molecule has 1 aromatic rings. The predicted octanol–water partition coefficient (Wildman–Crippen LogP) is 0.984. The summed E-state index contributed by atoms with van der Waals surface area (Å²) in [5.74, 6) is 0. The van der Waals surface area contributed by atoms with Gasteiger partial charge < -0.3 is 5.11 Å². The minimum atomic E-state index is -1.18. The van der Waals surface area contributed by atoms with Gasteiger partial charge in [0.2, 0.25) is 0 Å². The molecule has 12 heavy (non-hydrogen) atoms. The summed E-state index contributed by atoms with van der Waals surface area (Å²) < 4.78 is 0. The van der Waals surface area contributed by atoms with Gasteiger partial charge >= 0.3 is 6.09 Å². The highest BCUT2D eigenvalue weighted by Crippen LogP contribution is 2.05. The number of nitrogens with one attached hydrogen (secondary N) is 1. The summed E-state index contributed by atoms with van der Waals surface area (Å²) in [5.41, 5.74) is 0.619. The second-order valence-corrected chi connectivity index (χ2v) is 2.05. The van der Waals surface area contributed by atoms with Crippen LogP contribution in [0.3, 0.4) is 0 Å². The molecule has 1 heterocycles. The molecule has 0 saturated carbocycles. The van der Waals surface area contributed by atoms with Gasteiger partial charge in [-0.3, -0.25) is 15.1 Å². The largest absolute Gasteiger partial charge is 0.465 e. The molecule has 0 aliphatic rings. The first-order valence-corrected chi connectivity index (χ1v) is 3.12. The average Bonchev–Trinajstić information content (AvgIpc) is 2.03. The van der Waals surface area contributed by atoms with E-state index in [9.17, 15) is 9.59 Å². The van der Waals surface area contributed by atoms with E-state index in [0.29, 0.717) is 11.8 Å². The first kappa shape index (κ1) is 8.19. The Hall–Kier alpha value is -1.91. The van der Waals surface area contributed by atoms with E-state index in [1.807, 2.05) is 0 Å². The Labute approximate surface area is 68.0 Å². The number of rotatable bonds is 2. The van der Waals surface area contributed by atoms with Crippen molar-refractivity contribution in [1.29, 1.82) is 0 Å². The standard InChI is InChI=1S/C7H6N2O3/c10-4-5-1-6(3-8-2-5)9-7(11)12/h1-4,9H,(H,11,12). The minimum absolute atomic E-state index is 0.284. The highest BCUT2D eigenvalue weighted by molar-refractivity contribution is 5.84. The zero-order valence-electron chi connectivity index (χ0n) is 6.02. The van der Waals surface area contributed by atoms with E-state index in [-0.39, 0.29) is 5.69 Å². The number of carbonyl (C=O) groups excluding carboxylic acids is 1. The van der Waals surface area contributed by atoms with Crippen LogP contribution < -0.4 is 5.32 Å². The van der Waals surface area contributed by atoms with Crippen molar-refractivity contribution >= 4 is 18.1 Å². The third-order valence-electron chi connectivity index (χ3n) is 1.15. The SMILES string of the molecule is O=Cc1cncc(NC(=O)O)c1. The zero-order chi connectivity index (χ0) is 8.97. The molecule has 0 atom stereocenters. The number of hydrogen-bond donors (Lipinski definition) is 2. The Morgan fingerprint density at radius 2 is 2.33 bits per heavy atom. The maximum Gasteiger partial charge on any atom is 0.409 e. The molecule has 1 aromatic heterocycles. The van der Waals surface area contributed by atoms with Gasteiger partial charge in [0.15, 0.2) is 6.29 Å². The van der Waals surface area contributed by atoms with Gasteiger partial charge in [-0.15, -0.1) is 0 Å². The summed E-state index contributed by atoms with van der Waals surface area (Å²) in [6.45, 7) is 0. The third-order valence-corrected chi connectivity index (χ3v) is 1.15. The van der Waals surface area contributed by atoms with Crippen LogP contribution in [0.1, 0.15) is 10.4 Å². The lowest BCUT2D eigenvalue weighted by atomic mass is 10.3. The van der Waals surface area contributed by atoms with Crippen molar-refractivity contribution < 1.29 is 14.7 Å². The molecular formula is C7H6N2O3. The predicted molar refractivity (Wildman–Crippen MR) is 41.3 cm³/mol. The molecule has 0 radical (unpaired) electrons. The molecule has 1 amide bonds. The quantitative estimate of drug-likeness (QED) is 0.642. The summed E-state index contributed by atoms with van der Waals surface area (Å²) in [6.07, 6.45) is 2.08. The summed E-state index contributed by atoms with van der Waals surface area (Å²) in [4.78, 5) is 24.0. The summed E-state index contributed by atoms with van der Waals surface area (Å²) in [6, 6.07) is 1.40. The molecule has 0 aromatic carbocycles. The van der Waals surface area contributed by atoms with Gasteiger partial charge in [-0.05, 0) is 6.07 Å². The van der Waals surface area contributed by atoms with E-state index in [1.54, 1.807) is 0 Å². The van der Waals surface area contributed by atoms with Gasteiger partial charge in [-0.1, -0.05) is 0 Å². The molecule has 0 aliphatic heterocycles. The van der Waals surface area contributed by atoms with Crippen molar-refractivity contribution in [3.63, 3.8) is 0 Å². The molecule has 0 bridgehead atoms. The molecule has 0 fully saturated rings. The summed E-state index contributed by atoms with van der Waals surface area (Å²) in [5, 5.41) is 10.4. The van der Waals surface area contributed by atoms with Crippen LogP contribution in [0.15, 0.2) is 18.5 Å². The number of pyridine rings is 1. The van der Waals surface area contributed by atoms with Gasteiger partial charge in [-0.25, -0.2) is 4.79 Å². The molecule has 0 unspecified atom stereocenters. The maximum absolute atomic E-state index is 10.2. The van der Waals surface area contributed by atoms with Gasteiger partial charge in [0, 0.05) is 11.8 Å². The van der Waals surface area contributed by atoms with E-state index in [1.165, 1.54) is 18.5 Å². The molecule has 62 valence electrons. The van der Waals surface area contributed by atoms with E-state index < -0.39 is 6.09 Å². The van der Waals surface area contributed by atoms with Crippen LogP contribution in [0, 0.1) is 0 Å². The maximum atomic E-state index is 10.2. The summed E-state index contributed by atoms with van der Waals surface area (Å²) in [7, 11) is 0. The van der Waals surface area contributed by atoms with Crippen molar-refractivity contribution in [3.8, 4) is 0 Å². The number of carboxylic acid groups (broad SMARTS) is 1. The Balaban J connectivity index is 2.86. The van der Waals surface area contributed by atoms with Gasteiger partial charge in [-0.2, -0.15) is 0 Å². The summed E-state index contributed by atoms with van der Waals surface area (Å²) >= 11 is 0. The Bertz CT molecular complexity index is 311. The van der Waals surface area contributed by atoms with Crippen molar-refractivity contribution in [3.05, 3.63) is 24.0 Å². The molecule has 1 rings (SSSR count). The first-order valence-electron chi connectivity index (χ1n) is 3.12. The molecule has 2 N–H and O–H groups in total. The van der Waals surface area contributed by atoms with Gasteiger partial charge in [0.05, 0.1) is 11.9 Å². The number of anilines is 1. The monoisotopic (exact) mass is 166 g/mol. The number of hydrogen-bond acceptors (Lipinski definition) is 3. The number of aldehydes is 1. The van der Waals surface area contributed by atoms with E-state index in [4.69, 9.17) is 5.11 Å². The molecule has 5 heteroatoms. The topological polar surface area (TPSA) is 79.3 Å². The third kappa shape index (κ3) is 2.05. The Kier molecular flexibility index (Phi) is 2.37. The molecule has 0 aliphatic carbocycles. The molecule has 0 spiro atoms. The van der Waals surface area contributed by atoms with Crippen LogP contribution in [0.25, 0.3) is 0 Å². The van der Waals surface area contributed by atoms with Crippen LogP contribution in [0.2, 0.25) is 0 Å². The van der Waals surface area contributed by atoms with Crippen LogP contribution in [-0.4, -0.2) is 22.5 Å².